The third-order valence-electron chi connectivity index (χ3n) is 10.1. The molecule has 2 aliphatic rings. The minimum absolute atomic E-state index is 0.0195. The Labute approximate surface area is 302 Å². The second kappa shape index (κ2) is 18.6. The van der Waals surface area contributed by atoms with Gasteiger partial charge in [0.1, 0.15) is 17.8 Å². The molecule has 274 valence electrons. The van der Waals surface area contributed by atoms with Crippen LogP contribution in [0.2, 0.25) is 0 Å². The Morgan fingerprint density at radius 1 is 0.804 bits per heavy atom. The molecule has 51 heavy (non-hydrogen) atoms. The van der Waals surface area contributed by atoms with Crippen molar-refractivity contribution < 1.29 is 19.2 Å². The molecular weight excluding hydrogens is 642 g/mol. The van der Waals surface area contributed by atoms with Crippen LogP contribution in [0.5, 0.6) is 0 Å². The molecule has 5 rings (SSSR count). The number of nitrogens with zero attached hydrogens (tertiary/aromatic N) is 4. The highest BCUT2D eigenvalue weighted by Gasteiger charge is 2.32. The molecule has 1 saturated heterocycles. The first-order valence-corrected chi connectivity index (χ1v) is 18.8. The first kappa shape index (κ1) is 37.7. The molecule has 0 radical (unpaired) electrons. The summed E-state index contributed by atoms with van der Waals surface area (Å²) in [6.07, 6.45) is 8.47. The van der Waals surface area contributed by atoms with E-state index in [-0.39, 0.29) is 35.6 Å². The summed E-state index contributed by atoms with van der Waals surface area (Å²) in [5, 5.41) is 13.4. The van der Waals surface area contributed by atoms with Crippen LogP contribution in [-0.4, -0.2) is 81.5 Å². The van der Waals surface area contributed by atoms with Gasteiger partial charge in [0.05, 0.1) is 0 Å². The van der Waals surface area contributed by atoms with Gasteiger partial charge in [-0.3, -0.25) is 28.8 Å². The molecular formula is C40H55N7O4. The number of hydrogen-bond acceptors (Lipinski definition) is 6. The van der Waals surface area contributed by atoms with Gasteiger partial charge in [-0.05, 0) is 55.4 Å². The molecule has 2 atom stereocenters. The minimum atomic E-state index is -0.653. The third kappa shape index (κ3) is 10.7. The van der Waals surface area contributed by atoms with Gasteiger partial charge >= 0.3 is 0 Å². The van der Waals surface area contributed by atoms with Crippen molar-refractivity contribution in [2.45, 2.75) is 103 Å². The van der Waals surface area contributed by atoms with E-state index in [1.807, 2.05) is 61.2 Å². The predicted molar refractivity (Wildman–Crippen MR) is 198 cm³/mol. The second-order valence-electron chi connectivity index (χ2n) is 14.3. The Kier molecular flexibility index (Phi) is 13.8. The highest BCUT2D eigenvalue weighted by molar-refractivity contribution is 5.96. The van der Waals surface area contributed by atoms with E-state index >= 15 is 0 Å². The Morgan fingerprint density at radius 3 is 2.12 bits per heavy atom. The average molecular weight is 698 g/mol. The van der Waals surface area contributed by atoms with Crippen LogP contribution in [-0.2, 0) is 33.9 Å². The molecule has 11 heteroatoms. The van der Waals surface area contributed by atoms with Crippen LogP contribution in [0.1, 0.15) is 98.9 Å². The summed E-state index contributed by atoms with van der Waals surface area (Å²) in [6, 6.07) is 18.6. The lowest BCUT2D eigenvalue weighted by molar-refractivity contribution is -0.138. The molecule has 1 aliphatic heterocycles. The van der Waals surface area contributed by atoms with Gasteiger partial charge in [0.2, 0.25) is 17.7 Å². The van der Waals surface area contributed by atoms with Crippen molar-refractivity contribution in [1.82, 2.24) is 35.5 Å². The molecule has 3 aromatic rings. The predicted octanol–water partition coefficient (Wildman–Crippen LogP) is 4.63. The highest BCUT2D eigenvalue weighted by Crippen LogP contribution is 2.26. The first-order valence-electron chi connectivity index (χ1n) is 18.8. The van der Waals surface area contributed by atoms with Gasteiger partial charge < -0.3 is 20.9 Å². The third-order valence-corrected chi connectivity index (χ3v) is 10.1. The number of benzene rings is 2. The SMILES string of the molecule is CCC(=O)NC(Cc1ccc(CNC(=O)[C@@H](NC(=O)c2ccnn2C(C)C)C2CCCCCC2)cc1)C(=O)N1CCN(Cc2ccccc2)CC1. The summed E-state index contributed by atoms with van der Waals surface area (Å²) in [7, 11) is 0. The number of rotatable bonds is 14. The van der Waals surface area contributed by atoms with Gasteiger partial charge in [-0.15, -0.1) is 0 Å². The van der Waals surface area contributed by atoms with E-state index in [4.69, 9.17) is 0 Å². The average Bonchev–Trinajstić information content (AvgIpc) is 3.50. The van der Waals surface area contributed by atoms with Gasteiger partial charge in [-0.1, -0.05) is 87.2 Å². The lowest BCUT2D eigenvalue weighted by Gasteiger charge is -2.36. The molecule has 2 heterocycles. The molecule has 1 aromatic heterocycles. The maximum absolute atomic E-state index is 13.7. The number of piperazine rings is 1. The number of amides is 4. The fraction of sp³-hybridized carbons (Fsp3) is 0.525. The van der Waals surface area contributed by atoms with Crippen molar-refractivity contribution in [2.24, 2.45) is 5.92 Å². The van der Waals surface area contributed by atoms with E-state index in [1.165, 1.54) is 5.56 Å². The maximum Gasteiger partial charge on any atom is 0.270 e. The van der Waals surface area contributed by atoms with Crippen molar-refractivity contribution in [3.8, 4) is 0 Å². The number of carbonyl (C=O) groups is 4. The lowest BCUT2D eigenvalue weighted by Crippen LogP contribution is -2.55. The smallest absolute Gasteiger partial charge is 0.270 e. The number of aromatic nitrogens is 2. The molecule has 0 spiro atoms. The van der Waals surface area contributed by atoms with E-state index < -0.39 is 12.1 Å². The topological polar surface area (TPSA) is 129 Å². The molecule has 2 aromatic carbocycles. The first-order chi connectivity index (χ1) is 24.7. The van der Waals surface area contributed by atoms with Crippen LogP contribution in [0.4, 0.5) is 0 Å². The molecule has 1 aliphatic carbocycles. The molecule has 1 saturated carbocycles. The van der Waals surface area contributed by atoms with Crippen molar-refractivity contribution in [3.05, 3.63) is 89.2 Å². The summed E-state index contributed by atoms with van der Waals surface area (Å²) in [5.74, 6) is -0.626. The number of carbonyl (C=O) groups excluding carboxylic acids is 4. The molecule has 2 fully saturated rings. The van der Waals surface area contributed by atoms with Gasteiger partial charge in [0.15, 0.2) is 0 Å². The minimum Gasteiger partial charge on any atom is -0.350 e. The fourth-order valence-corrected chi connectivity index (χ4v) is 7.18. The van der Waals surface area contributed by atoms with Crippen molar-refractivity contribution in [3.63, 3.8) is 0 Å². The number of nitrogens with one attached hydrogen (secondary N) is 3. The van der Waals surface area contributed by atoms with Crippen LogP contribution in [0.15, 0.2) is 66.9 Å². The monoisotopic (exact) mass is 697 g/mol. The summed E-state index contributed by atoms with van der Waals surface area (Å²) in [6.45, 7) is 9.69. The Bertz CT molecular complexity index is 1570. The van der Waals surface area contributed by atoms with Crippen LogP contribution in [0.3, 0.4) is 0 Å². The van der Waals surface area contributed by atoms with E-state index in [1.54, 1.807) is 23.9 Å². The van der Waals surface area contributed by atoms with Crippen molar-refractivity contribution in [1.29, 1.82) is 0 Å². The molecule has 3 N–H and O–H groups in total. The lowest BCUT2D eigenvalue weighted by atomic mass is 9.91. The zero-order valence-electron chi connectivity index (χ0n) is 30.5. The van der Waals surface area contributed by atoms with E-state index in [0.29, 0.717) is 38.2 Å². The van der Waals surface area contributed by atoms with Crippen molar-refractivity contribution in [2.75, 3.05) is 26.2 Å². The van der Waals surface area contributed by atoms with Crippen LogP contribution >= 0.6 is 0 Å². The molecule has 11 nitrogen and oxygen atoms in total. The summed E-state index contributed by atoms with van der Waals surface area (Å²) in [5.41, 5.74) is 3.54. The summed E-state index contributed by atoms with van der Waals surface area (Å²) in [4.78, 5) is 57.5. The van der Waals surface area contributed by atoms with E-state index in [2.05, 4.69) is 38.1 Å². The van der Waals surface area contributed by atoms with E-state index in [9.17, 15) is 19.2 Å². The quantitative estimate of drug-likeness (QED) is 0.211. The van der Waals surface area contributed by atoms with E-state index in [0.717, 1.165) is 69.3 Å². The van der Waals surface area contributed by atoms with Gasteiger partial charge in [0, 0.05) is 64.3 Å². The second-order valence-corrected chi connectivity index (χ2v) is 14.3. The molecule has 0 bridgehead atoms. The highest BCUT2D eigenvalue weighted by atomic mass is 16.2. The summed E-state index contributed by atoms with van der Waals surface area (Å²) < 4.78 is 1.68. The Morgan fingerprint density at radius 2 is 1.47 bits per heavy atom. The van der Waals surface area contributed by atoms with Gasteiger partial charge in [0.25, 0.3) is 5.91 Å². The van der Waals surface area contributed by atoms with Crippen molar-refractivity contribution >= 4 is 23.6 Å². The molecule has 4 amide bonds. The Hall–Kier alpha value is -4.51. The molecule has 1 unspecified atom stereocenters. The normalized spacial score (nSPS) is 17.0. The zero-order chi connectivity index (χ0) is 36.2. The largest absolute Gasteiger partial charge is 0.350 e. The fourth-order valence-electron chi connectivity index (χ4n) is 7.18. The maximum atomic E-state index is 13.7. The standard InChI is InChI=1S/C40H55N7O4/c1-4-36(48)43-34(40(51)46-24-22-45(23-25-46)28-32-12-8-7-9-13-32)26-30-16-18-31(19-17-30)27-41-39(50)37(33-14-10-5-6-11-15-33)44-38(49)35-20-21-42-47(35)29(2)3/h7-9,12-13,16-21,29,33-34,37H,4-6,10-11,14-15,22-28H2,1-3H3,(H,41,50)(H,43,48)(H,44,49)/t34?,37-/m0/s1. The van der Waals surface area contributed by atoms with Crippen LogP contribution < -0.4 is 16.0 Å². The van der Waals surface area contributed by atoms with Crippen LogP contribution in [0.25, 0.3) is 0 Å². The van der Waals surface area contributed by atoms with Gasteiger partial charge in [-0.2, -0.15) is 5.10 Å². The zero-order valence-corrected chi connectivity index (χ0v) is 30.5. The number of hydrogen-bond donors (Lipinski definition) is 3. The van der Waals surface area contributed by atoms with Crippen LogP contribution in [0, 0.1) is 5.92 Å². The summed E-state index contributed by atoms with van der Waals surface area (Å²) >= 11 is 0. The Balaban J connectivity index is 1.18. The van der Waals surface area contributed by atoms with Gasteiger partial charge in [-0.25, -0.2) is 0 Å².